The second kappa shape index (κ2) is 4.24. The Balaban J connectivity index is 2.75. The number of hydrogen-bond donors (Lipinski definition) is 1. The molecule has 1 rings (SSSR count). The maximum absolute atomic E-state index is 10.1. The van der Waals surface area contributed by atoms with Crippen LogP contribution in [0.3, 0.4) is 0 Å². The lowest BCUT2D eigenvalue weighted by Crippen LogP contribution is -2.38. The maximum Gasteiger partial charge on any atom is 0.107 e. The van der Waals surface area contributed by atoms with Crippen molar-refractivity contribution in [2.24, 2.45) is 0 Å². The zero-order chi connectivity index (χ0) is 11.0. The van der Waals surface area contributed by atoms with Gasteiger partial charge in [-0.1, -0.05) is 31.9 Å². The van der Waals surface area contributed by atoms with E-state index in [0.717, 1.165) is 6.42 Å². The Morgan fingerprint density at radius 3 is 2.50 bits per heavy atom. The highest BCUT2D eigenvalue weighted by molar-refractivity contribution is 9.11. The zero-order valence-corrected chi connectivity index (χ0v) is 11.8. The molecule has 0 bridgehead atoms. The minimum absolute atomic E-state index is 0.157. The van der Waals surface area contributed by atoms with E-state index < -0.39 is 5.60 Å². The van der Waals surface area contributed by atoms with Crippen LogP contribution in [0.5, 0.6) is 0 Å². The van der Waals surface area contributed by atoms with Gasteiger partial charge in [-0.25, -0.2) is 0 Å². The van der Waals surface area contributed by atoms with Crippen LogP contribution in [0.1, 0.15) is 27.2 Å². The molecule has 14 heavy (non-hydrogen) atoms. The summed E-state index contributed by atoms with van der Waals surface area (Å²) in [5.74, 6) is 0. The van der Waals surface area contributed by atoms with Crippen LogP contribution in [0.4, 0.5) is 0 Å². The number of alkyl halides is 1. The number of halogens is 2. The minimum atomic E-state index is -0.913. The van der Waals surface area contributed by atoms with E-state index in [1.165, 1.54) is 0 Å². The van der Waals surface area contributed by atoms with Crippen molar-refractivity contribution in [2.75, 3.05) is 0 Å². The summed E-state index contributed by atoms with van der Waals surface area (Å²) in [5, 5.41) is 10.1. The average Bonchev–Trinajstić information content (AvgIpc) is 2.27. The van der Waals surface area contributed by atoms with Crippen molar-refractivity contribution in [3.63, 3.8) is 0 Å². The molecular weight excluding hydrogens is 312 g/mol. The van der Waals surface area contributed by atoms with E-state index in [2.05, 4.69) is 31.9 Å². The fourth-order valence-corrected chi connectivity index (χ4v) is 2.54. The van der Waals surface area contributed by atoms with E-state index in [9.17, 15) is 5.11 Å². The molecule has 0 aliphatic carbocycles. The van der Waals surface area contributed by atoms with Gasteiger partial charge in [0.15, 0.2) is 0 Å². The summed E-state index contributed by atoms with van der Waals surface area (Å²) in [7, 11) is 0. The third-order valence-corrected chi connectivity index (χ3v) is 4.41. The lowest BCUT2D eigenvalue weighted by atomic mass is 9.96. The zero-order valence-electron chi connectivity index (χ0n) is 8.63. The molecule has 1 fully saturated rings. The van der Waals surface area contributed by atoms with Gasteiger partial charge in [0.05, 0.1) is 11.7 Å². The highest BCUT2D eigenvalue weighted by Crippen LogP contribution is 2.39. The molecule has 1 N–H and O–H groups in total. The summed E-state index contributed by atoms with van der Waals surface area (Å²) >= 11 is 6.74. The second-order valence-electron chi connectivity index (χ2n) is 4.43. The molecule has 82 valence electrons. The molecule has 0 amide bonds. The minimum Gasteiger partial charge on any atom is -0.383 e. The van der Waals surface area contributed by atoms with Gasteiger partial charge in [-0.15, -0.1) is 0 Å². The molecule has 1 aliphatic rings. The van der Waals surface area contributed by atoms with Crippen molar-refractivity contribution in [2.45, 2.75) is 49.3 Å². The number of ether oxygens (including phenoxy) is 1. The first-order valence-electron chi connectivity index (χ1n) is 4.62. The van der Waals surface area contributed by atoms with Gasteiger partial charge >= 0.3 is 0 Å². The first-order chi connectivity index (χ1) is 6.29. The molecular formula is C10H16Br2O2. The van der Waals surface area contributed by atoms with Crippen LogP contribution in [0.15, 0.2) is 11.1 Å². The normalized spacial score (nSPS) is 36.1. The Bertz CT molecular complexity index is 236. The van der Waals surface area contributed by atoms with Gasteiger partial charge in [0.2, 0.25) is 0 Å². The van der Waals surface area contributed by atoms with Gasteiger partial charge in [0.1, 0.15) is 5.60 Å². The fraction of sp³-hybridized carbons (Fsp3) is 0.800. The van der Waals surface area contributed by atoms with Gasteiger partial charge in [0.25, 0.3) is 0 Å². The van der Waals surface area contributed by atoms with Crippen LogP contribution in [-0.2, 0) is 4.74 Å². The number of aliphatic hydroxyl groups is 1. The van der Waals surface area contributed by atoms with E-state index in [-0.39, 0.29) is 16.5 Å². The van der Waals surface area contributed by atoms with Crippen LogP contribution in [-0.4, -0.2) is 27.2 Å². The van der Waals surface area contributed by atoms with Crippen molar-refractivity contribution < 1.29 is 9.84 Å². The summed E-state index contributed by atoms with van der Waals surface area (Å²) < 4.78 is 5.81. The molecule has 1 aliphatic heterocycles. The highest BCUT2D eigenvalue weighted by Gasteiger charge is 2.46. The van der Waals surface area contributed by atoms with Crippen LogP contribution in [0.2, 0.25) is 0 Å². The smallest absolute Gasteiger partial charge is 0.107 e. The molecule has 0 spiro atoms. The van der Waals surface area contributed by atoms with E-state index in [1.54, 1.807) is 18.0 Å². The van der Waals surface area contributed by atoms with Gasteiger partial charge in [-0.2, -0.15) is 0 Å². The van der Waals surface area contributed by atoms with Gasteiger partial charge in [-0.3, -0.25) is 0 Å². The SMILES string of the molecule is CC1(C)O[C@H]([C@](C)(O)/C=C/Br)C[C@H]1Br. The van der Waals surface area contributed by atoms with Crippen LogP contribution >= 0.6 is 31.9 Å². The van der Waals surface area contributed by atoms with Crippen molar-refractivity contribution >= 4 is 31.9 Å². The second-order valence-corrected chi connectivity index (χ2v) is 6.07. The molecule has 1 heterocycles. The third-order valence-electron chi connectivity index (χ3n) is 2.67. The highest BCUT2D eigenvalue weighted by atomic mass is 79.9. The average molecular weight is 328 g/mol. The summed E-state index contributed by atoms with van der Waals surface area (Å²) in [4.78, 5) is 1.96. The lowest BCUT2D eigenvalue weighted by molar-refractivity contribution is -0.0951. The molecule has 0 saturated carbocycles. The number of rotatable bonds is 2. The first-order valence-corrected chi connectivity index (χ1v) is 6.45. The predicted molar refractivity (Wildman–Crippen MR) is 65.0 cm³/mol. The molecule has 0 unspecified atom stereocenters. The van der Waals surface area contributed by atoms with Crippen molar-refractivity contribution in [3.8, 4) is 0 Å². The summed E-state index contributed by atoms with van der Waals surface area (Å²) in [5.41, 5.74) is -1.13. The Hall–Kier alpha value is 0.620. The van der Waals surface area contributed by atoms with E-state index in [0.29, 0.717) is 0 Å². The quantitative estimate of drug-likeness (QED) is 0.790. The topological polar surface area (TPSA) is 29.5 Å². The van der Waals surface area contributed by atoms with Crippen LogP contribution in [0.25, 0.3) is 0 Å². The monoisotopic (exact) mass is 326 g/mol. The molecule has 1 saturated heterocycles. The van der Waals surface area contributed by atoms with E-state index in [4.69, 9.17) is 4.74 Å². The standard InChI is InChI=1S/C10H16Br2O2/c1-9(2)7(12)6-8(14-9)10(3,13)4-5-11/h4-5,7-8,13H,6H2,1-3H3/b5-4+/t7-,8+,10-/m1/s1. The number of hydrogen-bond acceptors (Lipinski definition) is 2. The Morgan fingerprint density at radius 2 is 2.14 bits per heavy atom. The fourth-order valence-electron chi connectivity index (χ4n) is 1.55. The van der Waals surface area contributed by atoms with Crippen LogP contribution in [0, 0.1) is 0 Å². The molecule has 3 atom stereocenters. The van der Waals surface area contributed by atoms with Crippen molar-refractivity contribution in [3.05, 3.63) is 11.1 Å². The summed E-state index contributed by atoms with van der Waals surface area (Å²) in [6.07, 6.45) is 2.37. The summed E-state index contributed by atoms with van der Waals surface area (Å²) in [6.45, 7) is 5.82. The largest absolute Gasteiger partial charge is 0.383 e. The lowest BCUT2D eigenvalue weighted by Gasteiger charge is -2.28. The molecule has 0 aromatic heterocycles. The van der Waals surface area contributed by atoms with Crippen molar-refractivity contribution in [1.82, 2.24) is 0 Å². The van der Waals surface area contributed by atoms with Crippen LogP contribution < -0.4 is 0 Å². The van der Waals surface area contributed by atoms with E-state index in [1.807, 2.05) is 13.8 Å². The Kier molecular flexibility index (Phi) is 3.84. The first kappa shape index (κ1) is 12.7. The molecule has 0 radical (unpaired) electrons. The van der Waals surface area contributed by atoms with Crippen molar-refractivity contribution in [1.29, 1.82) is 0 Å². The predicted octanol–water partition coefficient (Wildman–Crippen LogP) is 2.98. The molecule has 2 nitrogen and oxygen atoms in total. The van der Waals surface area contributed by atoms with Gasteiger partial charge in [-0.05, 0) is 38.3 Å². The molecule has 0 aromatic carbocycles. The molecule has 0 aromatic rings. The van der Waals surface area contributed by atoms with Gasteiger partial charge in [0, 0.05) is 4.83 Å². The summed E-state index contributed by atoms with van der Waals surface area (Å²) in [6, 6.07) is 0. The molecule has 4 heteroatoms. The maximum atomic E-state index is 10.1. The van der Waals surface area contributed by atoms with Gasteiger partial charge < -0.3 is 9.84 Å². The van der Waals surface area contributed by atoms with E-state index >= 15 is 0 Å². The Labute approximate surface area is 102 Å². The third kappa shape index (κ3) is 2.60. The Morgan fingerprint density at radius 1 is 1.57 bits per heavy atom.